The molecule has 0 unspecified atom stereocenters. The standard InChI is InChI=1S/C13H10Cl3NO/c14-10-2-1-3-12(13(10)16)18-7-8-4-5-9(17)6-11(8)15/h1-6H,7,17H2. The van der Waals surface area contributed by atoms with Crippen molar-refractivity contribution in [3.63, 3.8) is 0 Å². The summed E-state index contributed by atoms with van der Waals surface area (Å²) in [5.41, 5.74) is 7.07. The fraction of sp³-hybridized carbons (Fsp3) is 0.0769. The normalized spacial score (nSPS) is 10.4. The van der Waals surface area contributed by atoms with E-state index in [9.17, 15) is 0 Å². The largest absolute Gasteiger partial charge is 0.487 e. The summed E-state index contributed by atoms with van der Waals surface area (Å²) in [5, 5.41) is 1.41. The monoisotopic (exact) mass is 301 g/mol. The Morgan fingerprint density at radius 2 is 1.78 bits per heavy atom. The highest BCUT2D eigenvalue weighted by atomic mass is 35.5. The smallest absolute Gasteiger partial charge is 0.139 e. The van der Waals surface area contributed by atoms with E-state index >= 15 is 0 Å². The first-order valence-corrected chi connectivity index (χ1v) is 6.32. The number of halogens is 3. The van der Waals surface area contributed by atoms with E-state index < -0.39 is 0 Å². The number of hydrogen-bond acceptors (Lipinski definition) is 2. The van der Waals surface area contributed by atoms with Crippen LogP contribution in [0.3, 0.4) is 0 Å². The van der Waals surface area contributed by atoms with Crippen LogP contribution in [0.4, 0.5) is 5.69 Å². The first-order chi connectivity index (χ1) is 8.58. The Labute approximate surface area is 120 Å². The number of nitrogens with two attached hydrogens (primary N) is 1. The summed E-state index contributed by atoms with van der Waals surface area (Å²) in [4.78, 5) is 0. The van der Waals surface area contributed by atoms with E-state index in [1.165, 1.54) is 0 Å². The second-order valence-corrected chi connectivity index (χ2v) is 4.88. The molecular formula is C13H10Cl3NO. The van der Waals surface area contributed by atoms with Crippen LogP contribution in [0.25, 0.3) is 0 Å². The maximum Gasteiger partial charge on any atom is 0.139 e. The molecule has 2 aromatic carbocycles. The van der Waals surface area contributed by atoms with Crippen molar-refractivity contribution in [1.29, 1.82) is 0 Å². The Balaban J connectivity index is 2.14. The van der Waals surface area contributed by atoms with Crippen LogP contribution in [0.5, 0.6) is 5.75 Å². The topological polar surface area (TPSA) is 35.2 Å². The molecule has 0 heterocycles. The lowest BCUT2D eigenvalue weighted by molar-refractivity contribution is 0.306. The molecule has 0 saturated heterocycles. The zero-order chi connectivity index (χ0) is 13.1. The number of anilines is 1. The van der Waals surface area contributed by atoms with Gasteiger partial charge in [0, 0.05) is 16.3 Å². The maximum atomic E-state index is 6.05. The van der Waals surface area contributed by atoms with Crippen LogP contribution < -0.4 is 10.5 Å². The lowest BCUT2D eigenvalue weighted by atomic mass is 10.2. The third-order valence-corrected chi connectivity index (χ3v) is 3.53. The lowest BCUT2D eigenvalue weighted by Gasteiger charge is -2.10. The van der Waals surface area contributed by atoms with Crippen LogP contribution in [0.15, 0.2) is 36.4 Å². The van der Waals surface area contributed by atoms with Gasteiger partial charge in [-0.2, -0.15) is 0 Å². The molecule has 2 N–H and O–H groups in total. The molecule has 0 radical (unpaired) electrons. The minimum atomic E-state index is 0.305. The number of hydrogen-bond donors (Lipinski definition) is 1. The Morgan fingerprint density at radius 1 is 1.00 bits per heavy atom. The van der Waals surface area contributed by atoms with E-state index in [4.69, 9.17) is 45.3 Å². The van der Waals surface area contributed by atoms with Crippen molar-refractivity contribution >= 4 is 40.5 Å². The van der Waals surface area contributed by atoms with Crippen molar-refractivity contribution in [3.8, 4) is 5.75 Å². The van der Waals surface area contributed by atoms with Crippen molar-refractivity contribution in [2.45, 2.75) is 6.61 Å². The lowest BCUT2D eigenvalue weighted by Crippen LogP contribution is -1.97. The summed E-state index contributed by atoms with van der Waals surface area (Å²) in [6.45, 7) is 0.305. The van der Waals surface area contributed by atoms with Gasteiger partial charge in [-0.3, -0.25) is 0 Å². The minimum Gasteiger partial charge on any atom is -0.487 e. The molecule has 0 amide bonds. The van der Waals surface area contributed by atoms with Gasteiger partial charge in [-0.1, -0.05) is 46.9 Å². The van der Waals surface area contributed by atoms with Crippen LogP contribution in [-0.4, -0.2) is 0 Å². The SMILES string of the molecule is Nc1ccc(COc2cccc(Cl)c2Cl)c(Cl)c1. The molecule has 2 nitrogen and oxygen atoms in total. The Hall–Kier alpha value is -1.09. The molecule has 0 aliphatic carbocycles. The predicted octanol–water partition coefficient (Wildman–Crippen LogP) is 4.81. The predicted molar refractivity (Wildman–Crippen MR) is 76.7 cm³/mol. The van der Waals surface area contributed by atoms with E-state index in [0.717, 1.165) is 5.56 Å². The van der Waals surface area contributed by atoms with Crippen molar-refractivity contribution < 1.29 is 4.74 Å². The Morgan fingerprint density at radius 3 is 2.50 bits per heavy atom. The Bertz CT molecular complexity index is 572. The van der Waals surface area contributed by atoms with Crippen LogP contribution in [0.1, 0.15) is 5.56 Å². The summed E-state index contributed by atoms with van der Waals surface area (Å²) in [6, 6.07) is 10.5. The van der Waals surface area contributed by atoms with Crippen molar-refractivity contribution in [1.82, 2.24) is 0 Å². The van der Waals surface area contributed by atoms with E-state index in [1.807, 2.05) is 6.07 Å². The highest BCUT2D eigenvalue weighted by Gasteiger charge is 2.07. The molecule has 0 aliphatic heterocycles. The average Bonchev–Trinajstić information content (AvgIpc) is 2.33. The molecule has 18 heavy (non-hydrogen) atoms. The second kappa shape index (κ2) is 5.70. The third kappa shape index (κ3) is 3.02. The van der Waals surface area contributed by atoms with Gasteiger partial charge in [-0.25, -0.2) is 0 Å². The molecule has 2 rings (SSSR count). The molecule has 0 bridgehead atoms. The van der Waals surface area contributed by atoms with Crippen LogP contribution in [0.2, 0.25) is 15.1 Å². The quantitative estimate of drug-likeness (QED) is 0.826. The van der Waals surface area contributed by atoms with Crippen LogP contribution in [-0.2, 0) is 6.61 Å². The van der Waals surface area contributed by atoms with Gasteiger partial charge < -0.3 is 10.5 Å². The van der Waals surface area contributed by atoms with Crippen LogP contribution >= 0.6 is 34.8 Å². The summed E-state index contributed by atoms with van der Waals surface area (Å²) >= 11 is 18.0. The van der Waals surface area contributed by atoms with Crippen molar-refractivity contribution in [3.05, 3.63) is 57.0 Å². The van der Waals surface area contributed by atoms with E-state index in [1.54, 1.807) is 30.3 Å². The van der Waals surface area contributed by atoms with Crippen molar-refractivity contribution in [2.24, 2.45) is 0 Å². The molecule has 5 heteroatoms. The molecule has 0 spiro atoms. The third-order valence-electron chi connectivity index (χ3n) is 2.38. The highest BCUT2D eigenvalue weighted by molar-refractivity contribution is 6.42. The minimum absolute atomic E-state index is 0.305. The summed E-state index contributed by atoms with van der Waals surface area (Å²) < 4.78 is 5.58. The second-order valence-electron chi connectivity index (χ2n) is 3.69. The van der Waals surface area contributed by atoms with Gasteiger partial charge >= 0.3 is 0 Å². The molecule has 0 fully saturated rings. The molecule has 0 aliphatic rings. The van der Waals surface area contributed by atoms with Gasteiger partial charge in [0.05, 0.1) is 5.02 Å². The molecule has 94 valence electrons. The van der Waals surface area contributed by atoms with E-state index in [0.29, 0.717) is 33.1 Å². The maximum absolute atomic E-state index is 6.05. The molecular weight excluding hydrogens is 293 g/mol. The van der Waals surface area contributed by atoms with Gasteiger partial charge in [-0.05, 0) is 24.3 Å². The zero-order valence-corrected chi connectivity index (χ0v) is 11.6. The summed E-state index contributed by atoms with van der Waals surface area (Å²) in [6.07, 6.45) is 0. The van der Waals surface area contributed by atoms with Gasteiger partial charge in [0.2, 0.25) is 0 Å². The molecule has 0 saturated carbocycles. The summed E-state index contributed by atoms with van der Waals surface area (Å²) in [5.74, 6) is 0.525. The van der Waals surface area contributed by atoms with Gasteiger partial charge in [-0.15, -0.1) is 0 Å². The Kier molecular flexibility index (Phi) is 4.23. The van der Waals surface area contributed by atoms with E-state index in [2.05, 4.69) is 0 Å². The first-order valence-electron chi connectivity index (χ1n) is 5.18. The van der Waals surface area contributed by atoms with Gasteiger partial charge in [0.25, 0.3) is 0 Å². The average molecular weight is 303 g/mol. The van der Waals surface area contributed by atoms with Crippen LogP contribution in [0, 0.1) is 0 Å². The number of benzene rings is 2. The molecule has 2 aromatic rings. The highest BCUT2D eigenvalue weighted by Crippen LogP contribution is 2.32. The van der Waals surface area contributed by atoms with Gasteiger partial charge in [0.15, 0.2) is 0 Å². The number of rotatable bonds is 3. The zero-order valence-electron chi connectivity index (χ0n) is 9.29. The van der Waals surface area contributed by atoms with E-state index in [-0.39, 0.29) is 0 Å². The fourth-order valence-electron chi connectivity index (χ4n) is 1.43. The number of ether oxygens (including phenoxy) is 1. The molecule has 0 atom stereocenters. The fourth-order valence-corrected chi connectivity index (χ4v) is 2.02. The molecule has 0 aromatic heterocycles. The first kappa shape index (κ1) is 13.3. The van der Waals surface area contributed by atoms with Crippen molar-refractivity contribution in [2.75, 3.05) is 5.73 Å². The van der Waals surface area contributed by atoms with Gasteiger partial charge in [0.1, 0.15) is 17.4 Å². The number of nitrogen functional groups attached to an aromatic ring is 1. The summed E-state index contributed by atoms with van der Waals surface area (Å²) in [7, 11) is 0.